The van der Waals surface area contributed by atoms with Crippen molar-refractivity contribution in [2.24, 2.45) is 0 Å². The maximum absolute atomic E-state index is 12.2. The molecule has 4 nitrogen and oxygen atoms in total. The average molecular weight is 300 g/mol. The van der Waals surface area contributed by atoms with Gasteiger partial charge in [0.05, 0.1) is 6.42 Å². The van der Waals surface area contributed by atoms with Crippen LogP contribution in [0.1, 0.15) is 4.88 Å². The van der Waals surface area contributed by atoms with Gasteiger partial charge >= 0.3 is 0 Å². The summed E-state index contributed by atoms with van der Waals surface area (Å²) in [6.07, 6.45) is 0.385. The van der Waals surface area contributed by atoms with Crippen LogP contribution >= 0.6 is 11.3 Å². The Morgan fingerprint density at radius 2 is 1.90 bits per heavy atom. The quantitative estimate of drug-likeness (QED) is 0.871. The van der Waals surface area contributed by atoms with Gasteiger partial charge in [0.25, 0.3) is 0 Å². The Balaban J connectivity index is 1.63. The van der Waals surface area contributed by atoms with Gasteiger partial charge in [0.15, 0.2) is 0 Å². The monoisotopic (exact) mass is 300 g/mol. The molecule has 1 aliphatic rings. The van der Waals surface area contributed by atoms with Crippen molar-refractivity contribution in [3.8, 4) is 0 Å². The summed E-state index contributed by atoms with van der Waals surface area (Å²) in [6.45, 7) is 1.31. The number of benzene rings is 1. The maximum Gasteiger partial charge on any atom is 0.246 e. The van der Waals surface area contributed by atoms with Crippen LogP contribution in [-0.4, -0.2) is 36.3 Å². The summed E-state index contributed by atoms with van der Waals surface area (Å²) in [5, 5.41) is 1.96. The molecule has 1 fully saturated rings. The molecular weight excluding hydrogens is 284 g/mol. The number of thiophene rings is 1. The first-order valence-corrected chi connectivity index (χ1v) is 7.77. The number of carbonyl (C=O) groups is 2. The van der Waals surface area contributed by atoms with Crippen molar-refractivity contribution in [2.75, 3.05) is 24.5 Å². The van der Waals surface area contributed by atoms with Crippen LogP contribution in [0.5, 0.6) is 0 Å². The van der Waals surface area contributed by atoms with Crippen molar-refractivity contribution in [2.45, 2.75) is 6.42 Å². The van der Waals surface area contributed by atoms with Crippen LogP contribution in [0.25, 0.3) is 0 Å². The first kappa shape index (κ1) is 13.8. The zero-order valence-electron chi connectivity index (χ0n) is 11.6. The Kier molecular flexibility index (Phi) is 4.01. The number of hydrogen-bond donors (Lipinski definition) is 0. The summed E-state index contributed by atoms with van der Waals surface area (Å²) in [6, 6.07) is 13.5. The van der Waals surface area contributed by atoms with Crippen molar-refractivity contribution >= 4 is 28.8 Å². The Labute approximate surface area is 127 Å². The number of para-hydroxylation sites is 1. The summed E-state index contributed by atoms with van der Waals surface area (Å²) in [7, 11) is 0. The highest BCUT2D eigenvalue weighted by Crippen LogP contribution is 2.17. The van der Waals surface area contributed by atoms with Gasteiger partial charge in [0.1, 0.15) is 6.54 Å². The lowest BCUT2D eigenvalue weighted by Crippen LogP contribution is -2.52. The highest BCUT2D eigenvalue weighted by atomic mass is 32.1. The zero-order valence-corrected chi connectivity index (χ0v) is 12.4. The normalized spacial score (nSPS) is 15.3. The second-order valence-corrected chi connectivity index (χ2v) is 5.98. The van der Waals surface area contributed by atoms with Gasteiger partial charge in [0.2, 0.25) is 11.8 Å². The molecule has 1 aromatic carbocycles. The Morgan fingerprint density at radius 3 is 2.57 bits per heavy atom. The molecule has 0 unspecified atom stereocenters. The van der Waals surface area contributed by atoms with Gasteiger partial charge in [0, 0.05) is 23.7 Å². The largest absolute Gasteiger partial charge is 0.331 e. The molecule has 21 heavy (non-hydrogen) atoms. The van der Waals surface area contributed by atoms with Gasteiger partial charge in [-0.05, 0) is 23.6 Å². The van der Waals surface area contributed by atoms with Crippen LogP contribution in [0.3, 0.4) is 0 Å². The molecule has 1 aromatic heterocycles. The van der Waals surface area contributed by atoms with Crippen LogP contribution in [0.15, 0.2) is 47.8 Å². The van der Waals surface area contributed by atoms with E-state index in [0.717, 1.165) is 10.6 Å². The standard InChI is InChI=1S/C16H16N2O2S/c19-15(11-14-7-4-10-21-14)17-8-9-18(16(20)12-17)13-5-2-1-3-6-13/h1-7,10H,8-9,11-12H2. The summed E-state index contributed by atoms with van der Waals surface area (Å²) in [5.74, 6) is 0.00508. The Morgan fingerprint density at radius 1 is 1.10 bits per heavy atom. The van der Waals surface area contributed by atoms with Crippen LogP contribution in [0, 0.1) is 0 Å². The fourth-order valence-corrected chi connectivity index (χ4v) is 3.14. The first-order valence-electron chi connectivity index (χ1n) is 6.89. The molecular formula is C16H16N2O2S. The van der Waals surface area contributed by atoms with E-state index in [4.69, 9.17) is 0 Å². The molecule has 2 heterocycles. The molecule has 3 rings (SSSR count). The molecule has 0 N–H and O–H groups in total. The summed E-state index contributed by atoms with van der Waals surface area (Å²) >= 11 is 1.57. The van der Waals surface area contributed by atoms with Gasteiger partial charge < -0.3 is 9.80 Å². The second-order valence-electron chi connectivity index (χ2n) is 4.95. The van der Waals surface area contributed by atoms with E-state index in [1.165, 1.54) is 0 Å². The lowest BCUT2D eigenvalue weighted by Gasteiger charge is -2.34. The van der Waals surface area contributed by atoms with Crippen LogP contribution < -0.4 is 4.90 Å². The highest BCUT2D eigenvalue weighted by molar-refractivity contribution is 7.10. The minimum atomic E-state index is -0.0213. The Hall–Kier alpha value is -2.14. The summed E-state index contributed by atoms with van der Waals surface area (Å²) in [5.41, 5.74) is 0.896. The first-order chi connectivity index (χ1) is 10.2. The van der Waals surface area contributed by atoms with Gasteiger partial charge in [-0.2, -0.15) is 0 Å². The molecule has 0 radical (unpaired) electrons. The molecule has 0 aliphatic carbocycles. The van der Waals surface area contributed by atoms with E-state index in [0.29, 0.717) is 19.5 Å². The number of rotatable bonds is 3. The maximum atomic E-state index is 12.2. The molecule has 2 aromatic rings. The number of anilines is 1. The van der Waals surface area contributed by atoms with Crippen LogP contribution in [0.2, 0.25) is 0 Å². The molecule has 0 saturated carbocycles. The molecule has 5 heteroatoms. The number of carbonyl (C=O) groups excluding carboxylic acids is 2. The summed E-state index contributed by atoms with van der Waals surface area (Å²) in [4.78, 5) is 28.9. The van der Waals surface area contributed by atoms with Gasteiger partial charge in [-0.1, -0.05) is 24.3 Å². The molecule has 1 aliphatic heterocycles. The van der Waals surface area contributed by atoms with Gasteiger partial charge in [-0.3, -0.25) is 9.59 Å². The smallest absolute Gasteiger partial charge is 0.246 e. The Bertz CT molecular complexity index is 625. The second kappa shape index (κ2) is 6.10. The van der Waals surface area contributed by atoms with E-state index < -0.39 is 0 Å². The van der Waals surface area contributed by atoms with Crippen LogP contribution in [0.4, 0.5) is 5.69 Å². The number of nitrogens with zero attached hydrogens (tertiary/aromatic N) is 2. The van der Waals surface area contributed by atoms with Crippen molar-refractivity contribution in [3.05, 3.63) is 52.7 Å². The predicted molar refractivity (Wildman–Crippen MR) is 83.4 cm³/mol. The van der Waals surface area contributed by atoms with E-state index >= 15 is 0 Å². The van der Waals surface area contributed by atoms with E-state index in [2.05, 4.69) is 0 Å². The highest BCUT2D eigenvalue weighted by Gasteiger charge is 2.27. The fourth-order valence-electron chi connectivity index (χ4n) is 2.44. The number of hydrogen-bond acceptors (Lipinski definition) is 3. The van der Waals surface area contributed by atoms with Gasteiger partial charge in [-0.15, -0.1) is 11.3 Å². The predicted octanol–water partition coefficient (Wildman–Crippen LogP) is 2.17. The van der Waals surface area contributed by atoms with Crippen molar-refractivity contribution in [1.29, 1.82) is 0 Å². The minimum absolute atomic E-state index is 0.0213. The molecule has 108 valence electrons. The lowest BCUT2D eigenvalue weighted by atomic mass is 10.2. The van der Waals surface area contributed by atoms with Crippen molar-refractivity contribution < 1.29 is 9.59 Å². The molecule has 1 saturated heterocycles. The molecule has 0 bridgehead atoms. The third-order valence-electron chi connectivity index (χ3n) is 3.55. The SMILES string of the molecule is O=C(Cc1cccs1)N1CCN(c2ccccc2)C(=O)C1. The fraction of sp³-hybridized carbons (Fsp3) is 0.250. The van der Waals surface area contributed by atoms with E-state index in [1.54, 1.807) is 21.1 Å². The molecule has 0 spiro atoms. The third-order valence-corrected chi connectivity index (χ3v) is 4.42. The third kappa shape index (κ3) is 3.13. The van der Waals surface area contributed by atoms with Crippen molar-refractivity contribution in [1.82, 2.24) is 4.90 Å². The lowest BCUT2D eigenvalue weighted by molar-refractivity contribution is -0.136. The van der Waals surface area contributed by atoms with E-state index in [1.807, 2.05) is 47.8 Å². The number of piperazine rings is 1. The average Bonchev–Trinajstić information content (AvgIpc) is 3.01. The van der Waals surface area contributed by atoms with Crippen LogP contribution in [-0.2, 0) is 16.0 Å². The topological polar surface area (TPSA) is 40.6 Å². The minimum Gasteiger partial charge on any atom is -0.331 e. The zero-order chi connectivity index (χ0) is 14.7. The molecule has 2 amide bonds. The van der Waals surface area contributed by atoms with E-state index in [-0.39, 0.29) is 18.4 Å². The molecule has 0 atom stereocenters. The van der Waals surface area contributed by atoms with Crippen molar-refractivity contribution in [3.63, 3.8) is 0 Å². The van der Waals surface area contributed by atoms with E-state index in [9.17, 15) is 9.59 Å². The van der Waals surface area contributed by atoms with Gasteiger partial charge in [-0.25, -0.2) is 0 Å². The number of amides is 2. The summed E-state index contributed by atoms with van der Waals surface area (Å²) < 4.78 is 0.